The van der Waals surface area contributed by atoms with Crippen LogP contribution in [0.4, 0.5) is 0 Å². The minimum atomic E-state index is 0.160. The van der Waals surface area contributed by atoms with E-state index in [9.17, 15) is 4.79 Å². The van der Waals surface area contributed by atoms with Gasteiger partial charge < -0.3 is 0 Å². The molecule has 2 rings (SSSR count). The molecule has 0 radical (unpaired) electrons. The molecule has 0 amide bonds. The van der Waals surface area contributed by atoms with E-state index in [0.29, 0.717) is 12.0 Å². The maximum atomic E-state index is 12.0. The topological polar surface area (TPSA) is 30.0 Å². The van der Waals surface area contributed by atoms with E-state index in [0.717, 1.165) is 12.0 Å². The lowest BCUT2D eigenvalue weighted by Crippen LogP contribution is -2.02. The Hall–Kier alpha value is -1.96. The molecule has 2 aromatic rings. The first-order valence-corrected chi connectivity index (χ1v) is 6.15. The molecule has 0 bridgehead atoms. The van der Waals surface area contributed by atoms with Crippen LogP contribution >= 0.6 is 0 Å². The number of benzene rings is 1. The van der Waals surface area contributed by atoms with Gasteiger partial charge in [0.05, 0.1) is 0 Å². The average Bonchev–Trinajstić information content (AvgIpc) is 2.36. The summed E-state index contributed by atoms with van der Waals surface area (Å²) >= 11 is 0. The summed E-state index contributed by atoms with van der Waals surface area (Å²) in [5.41, 5.74) is 4.18. The monoisotopic (exact) mass is 239 g/mol. The average molecular weight is 239 g/mol. The van der Waals surface area contributed by atoms with Crippen molar-refractivity contribution in [2.45, 2.75) is 26.7 Å². The summed E-state index contributed by atoms with van der Waals surface area (Å²) in [6.45, 7) is 4.01. The highest BCUT2D eigenvalue weighted by atomic mass is 16.1. The van der Waals surface area contributed by atoms with E-state index in [1.165, 1.54) is 11.1 Å². The summed E-state index contributed by atoms with van der Waals surface area (Å²) in [4.78, 5) is 16.1. The van der Waals surface area contributed by atoms with Gasteiger partial charge in [0.15, 0.2) is 5.78 Å². The molecule has 1 aromatic heterocycles. The number of nitrogens with zero attached hydrogens (tertiary/aromatic N) is 1. The van der Waals surface area contributed by atoms with Crippen molar-refractivity contribution in [1.82, 2.24) is 4.98 Å². The molecule has 0 saturated heterocycles. The van der Waals surface area contributed by atoms with E-state index in [1.54, 1.807) is 12.4 Å². The van der Waals surface area contributed by atoms with Gasteiger partial charge in [0, 0.05) is 24.4 Å². The van der Waals surface area contributed by atoms with Crippen LogP contribution in [-0.2, 0) is 6.42 Å². The van der Waals surface area contributed by atoms with Crippen molar-refractivity contribution < 1.29 is 4.79 Å². The van der Waals surface area contributed by atoms with Crippen LogP contribution in [0.3, 0.4) is 0 Å². The van der Waals surface area contributed by atoms with Gasteiger partial charge in [0.1, 0.15) is 0 Å². The van der Waals surface area contributed by atoms with Crippen molar-refractivity contribution in [2.24, 2.45) is 0 Å². The number of pyridine rings is 1. The number of hydrogen-bond donors (Lipinski definition) is 0. The molecule has 2 nitrogen and oxygen atoms in total. The zero-order valence-electron chi connectivity index (χ0n) is 10.8. The predicted molar refractivity (Wildman–Crippen MR) is 72.8 cm³/mol. The highest BCUT2D eigenvalue weighted by Crippen LogP contribution is 2.10. The van der Waals surface area contributed by atoms with Gasteiger partial charge in [-0.05, 0) is 37.5 Å². The lowest BCUT2D eigenvalue weighted by Gasteiger charge is -2.03. The molecule has 0 aliphatic rings. The van der Waals surface area contributed by atoms with Gasteiger partial charge >= 0.3 is 0 Å². The number of carbonyl (C=O) groups is 1. The molecule has 2 heteroatoms. The van der Waals surface area contributed by atoms with Crippen molar-refractivity contribution >= 4 is 5.78 Å². The molecule has 0 atom stereocenters. The van der Waals surface area contributed by atoms with Crippen LogP contribution in [0.2, 0.25) is 0 Å². The Balaban J connectivity index is 2.00. The van der Waals surface area contributed by atoms with Crippen LogP contribution in [0.25, 0.3) is 0 Å². The minimum absolute atomic E-state index is 0.160. The van der Waals surface area contributed by atoms with Crippen molar-refractivity contribution in [1.29, 1.82) is 0 Å². The fraction of sp³-hybridized carbons (Fsp3) is 0.250. The van der Waals surface area contributed by atoms with Crippen molar-refractivity contribution in [3.8, 4) is 0 Å². The molecular formula is C16H17NO. The zero-order valence-corrected chi connectivity index (χ0v) is 10.8. The van der Waals surface area contributed by atoms with E-state index in [2.05, 4.69) is 30.1 Å². The van der Waals surface area contributed by atoms with Crippen molar-refractivity contribution in [3.05, 3.63) is 65.0 Å². The molecular weight excluding hydrogens is 222 g/mol. The Labute approximate surface area is 108 Å². The maximum Gasteiger partial charge on any atom is 0.164 e. The van der Waals surface area contributed by atoms with Crippen molar-refractivity contribution in [3.63, 3.8) is 0 Å². The molecule has 92 valence electrons. The Morgan fingerprint density at radius 2 is 1.94 bits per heavy atom. The van der Waals surface area contributed by atoms with Crippen LogP contribution in [0, 0.1) is 13.8 Å². The second kappa shape index (κ2) is 5.58. The van der Waals surface area contributed by atoms with Crippen LogP contribution < -0.4 is 0 Å². The molecule has 1 heterocycles. The number of hydrogen-bond acceptors (Lipinski definition) is 2. The Bertz CT molecular complexity index is 561. The number of Topliss-reactive ketones (excluding diaryl/α,β-unsaturated/α-hetero) is 1. The summed E-state index contributed by atoms with van der Waals surface area (Å²) in [7, 11) is 0. The Kier molecular flexibility index (Phi) is 3.88. The summed E-state index contributed by atoms with van der Waals surface area (Å²) in [5, 5.41) is 0. The molecule has 0 aliphatic carbocycles. The van der Waals surface area contributed by atoms with Gasteiger partial charge in [-0.1, -0.05) is 29.8 Å². The Morgan fingerprint density at radius 3 is 2.67 bits per heavy atom. The summed E-state index contributed by atoms with van der Waals surface area (Å²) in [6, 6.07) is 10.2. The van der Waals surface area contributed by atoms with E-state index in [1.807, 2.05) is 19.1 Å². The smallest absolute Gasteiger partial charge is 0.164 e. The van der Waals surface area contributed by atoms with Gasteiger partial charge in [-0.3, -0.25) is 9.78 Å². The van der Waals surface area contributed by atoms with E-state index in [-0.39, 0.29) is 5.78 Å². The van der Waals surface area contributed by atoms with Gasteiger partial charge in [-0.2, -0.15) is 0 Å². The molecule has 0 unspecified atom stereocenters. The van der Waals surface area contributed by atoms with Gasteiger partial charge in [0.25, 0.3) is 0 Å². The quantitative estimate of drug-likeness (QED) is 0.764. The summed E-state index contributed by atoms with van der Waals surface area (Å²) < 4.78 is 0. The number of ketones is 1. The van der Waals surface area contributed by atoms with Crippen LogP contribution in [0.1, 0.15) is 33.5 Å². The van der Waals surface area contributed by atoms with Gasteiger partial charge in [-0.25, -0.2) is 0 Å². The molecule has 18 heavy (non-hydrogen) atoms. The molecule has 0 saturated carbocycles. The highest BCUT2D eigenvalue weighted by molar-refractivity contribution is 5.96. The molecule has 0 N–H and O–H groups in total. The largest absolute Gasteiger partial charge is 0.294 e. The molecule has 0 aliphatic heterocycles. The lowest BCUT2D eigenvalue weighted by atomic mass is 10.0. The fourth-order valence-electron chi connectivity index (χ4n) is 1.98. The van der Waals surface area contributed by atoms with Gasteiger partial charge in [0.2, 0.25) is 0 Å². The first-order valence-electron chi connectivity index (χ1n) is 6.15. The van der Waals surface area contributed by atoms with Crippen molar-refractivity contribution in [2.75, 3.05) is 0 Å². The van der Waals surface area contributed by atoms with E-state index in [4.69, 9.17) is 0 Å². The number of aromatic nitrogens is 1. The summed E-state index contributed by atoms with van der Waals surface area (Å²) in [6.07, 6.45) is 4.73. The maximum absolute atomic E-state index is 12.0. The third-order valence-corrected chi connectivity index (χ3v) is 2.92. The third kappa shape index (κ3) is 3.27. The highest BCUT2D eigenvalue weighted by Gasteiger charge is 2.06. The van der Waals surface area contributed by atoms with E-state index < -0.39 is 0 Å². The Morgan fingerprint density at radius 1 is 1.11 bits per heavy atom. The first kappa shape index (κ1) is 12.5. The third-order valence-electron chi connectivity index (χ3n) is 2.92. The normalized spacial score (nSPS) is 10.3. The number of carbonyl (C=O) groups excluding carboxylic acids is 1. The van der Waals surface area contributed by atoms with E-state index >= 15 is 0 Å². The summed E-state index contributed by atoms with van der Waals surface area (Å²) in [5.74, 6) is 0.160. The predicted octanol–water partition coefficient (Wildman–Crippen LogP) is 3.51. The van der Waals surface area contributed by atoms with Crippen LogP contribution in [-0.4, -0.2) is 10.8 Å². The lowest BCUT2D eigenvalue weighted by molar-refractivity contribution is 0.0982. The van der Waals surface area contributed by atoms with Crippen LogP contribution in [0.15, 0.2) is 42.7 Å². The molecule has 0 fully saturated rings. The first-order chi connectivity index (χ1) is 8.65. The van der Waals surface area contributed by atoms with Crippen LogP contribution in [0.5, 0.6) is 0 Å². The number of aryl methyl sites for hydroxylation is 3. The molecule has 1 aromatic carbocycles. The second-order valence-electron chi connectivity index (χ2n) is 4.66. The second-order valence-corrected chi connectivity index (χ2v) is 4.66. The SMILES string of the molecule is Cc1cccc(CCC(=O)c2cncc(C)c2)c1. The number of rotatable bonds is 4. The fourth-order valence-corrected chi connectivity index (χ4v) is 1.98. The van der Waals surface area contributed by atoms with Gasteiger partial charge in [-0.15, -0.1) is 0 Å². The molecule has 0 spiro atoms. The zero-order chi connectivity index (χ0) is 13.0. The minimum Gasteiger partial charge on any atom is -0.294 e. The standard InChI is InChI=1S/C16H17NO/c1-12-4-3-5-14(8-12)6-7-16(18)15-9-13(2)10-17-11-15/h3-5,8-11H,6-7H2,1-2H3.